The Labute approximate surface area is 206 Å². The molecule has 1 saturated heterocycles. The van der Waals surface area contributed by atoms with Crippen molar-refractivity contribution < 1.29 is 19.3 Å². The van der Waals surface area contributed by atoms with E-state index in [9.17, 15) is 24.5 Å². The molecule has 0 saturated carbocycles. The topological polar surface area (TPSA) is 116 Å². The Balaban J connectivity index is 1.72. The molecule has 2 aromatic rings. The standard InChI is InChI=1S/C22H23Cl2N5O5/c1-14(30)27-7-9-28(10-8-27)16-4-6-20(29(33)34)17(11-16)22(32)25-13-21(31)26(2)15-3-5-18(23)19(24)12-15/h3-6,11-12H,7-10,13H2,1-2H3,(H,25,32). The van der Waals surface area contributed by atoms with Gasteiger partial charge in [-0.25, -0.2) is 0 Å². The molecule has 0 aliphatic carbocycles. The Morgan fingerprint density at radius 3 is 2.32 bits per heavy atom. The summed E-state index contributed by atoms with van der Waals surface area (Å²) >= 11 is 11.9. The average molecular weight is 508 g/mol. The predicted molar refractivity (Wildman–Crippen MR) is 130 cm³/mol. The molecule has 2 aromatic carbocycles. The number of amides is 3. The highest BCUT2D eigenvalue weighted by Gasteiger charge is 2.25. The van der Waals surface area contributed by atoms with Crippen molar-refractivity contribution in [1.29, 1.82) is 0 Å². The van der Waals surface area contributed by atoms with Gasteiger partial charge in [0.2, 0.25) is 11.8 Å². The van der Waals surface area contributed by atoms with Gasteiger partial charge in [0.1, 0.15) is 5.56 Å². The fourth-order valence-corrected chi connectivity index (χ4v) is 3.84. The molecule has 3 rings (SSSR count). The quantitative estimate of drug-likeness (QED) is 0.474. The van der Waals surface area contributed by atoms with Gasteiger partial charge in [0.05, 0.1) is 21.5 Å². The number of nitrogens with one attached hydrogen (secondary N) is 1. The summed E-state index contributed by atoms with van der Waals surface area (Å²) in [4.78, 5) is 52.7. The van der Waals surface area contributed by atoms with E-state index in [0.717, 1.165) is 0 Å². The molecule has 0 atom stereocenters. The minimum Gasteiger partial charge on any atom is -0.368 e. The molecule has 1 aliphatic rings. The summed E-state index contributed by atoms with van der Waals surface area (Å²) in [5, 5.41) is 14.6. The van der Waals surface area contributed by atoms with Crippen LogP contribution in [0.2, 0.25) is 10.0 Å². The number of hydrogen-bond acceptors (Lipinski definition) is 6. The van der Waals surface area contributed by atoms with Gasteiger partial charge in [-0.2, -0.15) is 0 Å². The second-order valence-electron chi connectivity index (χ2n) is 7.69. The van der Waals surface area contributed by atoms with E-state index in [2.05, 4.69) is 5.32 Å². The van der Waals surface area contributed by atoms with Crippen molar-refractivity contribution in [2.75, 3.05) is 49.6 Å². The number of halogens is 2. The van der Waals surface area contributed by atoms with Crippen LogP contribution in [0.15, 0.2) is 36.4 Å². The second-order valence-corrected chi connectivity index (χ2v) is 8.50. The maximum atomic E-state index is 12.8. The first-order chi connectivity index (χ1) is 16.1. The maximum Gasteiger partial charge on any atom is 0.282 e. The minimum atomic E-state index is -0.744. The number of piperazine rings is 1. The van der Waals surface area contributed by atoms with Crippen LogP contribution in [0.25, 0.3) is 0 Å². The number of carbonyl (C=O) groups is 3. The molecule has 1 heterocycles. The van der Waals surface area contributed by atoms with Crippen molar-refractivity contribution >= 4 is 58.0 Å². The lowest BCUT2D eigenvalue weighted by molar-refractivity contribution is -0.385. The Morgan fingerprint density at radius 1 is 1.06 bits per heavy atom. The van der Waals surface area contributed by atoms with Gasteiger partial charge in [0.15, 0.2) is 0 Å². The number of nitro groups is 1. The number of rotatable bonds is 6. The van der Waals surface area contributed by atoms with Gasteiger partial charge in [0.25, 0.3) is 11.6 Å². The Morgan fingerprint density at radius 2 is 1.74 bits per heavy atom. The van der Waals surface area contributed by atoms with E-state index in [1.165, 1.54) is 37.1 Å². The van der Waals surface area contributed by atoms with Gasteiger partial charge in [-0.05, 0) is 30.3 Å². The molecular formula is C22H23Cl2N5O5. The molecule has 0 bridgehead atoms. The third kappa shape index (κ3) is 5.75. The largest absolute Gasteiger partial charge is 0.368 e. The van der Waals surface area contributed by atoms with Gasteiger partial charge < -0.3 is 20.0 Å². The lowest BCUT2D eigenvalue weighted by Crippen LogP contribution is -2.48. The number of likely N-dealkylation sites (N-methyl/N-ethyl adjacent to an activating group) is 1. The van der Waals surface area contributed by atoms with E-state index in [1.807, 2.05) is 4.90 Å². The fraction of sp³-hybridized carbons (Fsp3) is 0.318. The van der Waals surface area contributed by atoms with E-state index >= 15 is 0 Å². The summed E-state index contributed by atoms with van der Waals surface area (Å²) in [6, 6.07) is 8.95. The monoisotopic (exact) mass is 507 g/mol. The third-order valence-corrected chi connectivity index (χ3v) is 6.32. The fourth-order valence-electron chi connectivity index (χ4n) is 3.55. The number of nitro benzene ring substituents is 1. The summed E-state index contributed by atoms with van der Waals surface area (Å²) in [5.74, 6) is -1.21. The molecule has 12 heteroatoms. The zero-order chi connectivity index (χ0) is 25.0. The van der Waals surface area contributed by atoms with Crippen molar-refractivity contribution in [3.63, 3.8) is 0 Å². The molecule has 1 aliphatic heterocycles. The molecule has 0 unspecified atom stereocenters. The average Bonchev–Trinajstić information content (AvgIpc) is 2.83. The summed E-state index contributed by atoms with van der Waals surface area (Å²) in [6.45, 7) is 3.22. The molecule has 3 amide bonds. The first-order valence-corrected chi connectivity index (χ1v) is 11.1. The van der Waals surface area contributed by atoms with Gasteiger partial charge in [-0.1, -0.05) is 23.2 Å². The Hall–Kier alpha value is -3.37. The van der Waals surface area contributed by atoms with Crippen LogP contribution in [0, 0.1) is 10.1 Å². The summed E-state index contributed by atoms with van der Waals surface area (Å²) in [5.41, 5.74) is 0.583. The van der Waals surface area contributed by atoms with Crippen molar-refractivity contribution in [2.45, 2.75) is 6.92 Å². The van der Waals surface area contributed by atoms with Crippen LogP contribution in [0.3, 0.4) is 0 Å². The highest BCUT2D eigenvalue weighted by atomic mass is 35.5. The number of carbonyl (C=O) groups excluding carboxylic acids is 3. The van der Waals surface area contributed by atoms with Gasteiger partial charge in [-0.3, -0.25) is 24.5 Å². The van der Waals surface area contributed by atoms with Crippen molar-refractivity contribution in [3.05, 3.63) is 62.1 Å². The van der Waals surface area contributed by atoms with E-state index < -0.39 is 16.7 Å². The first kappa shape index (κ1) is 25.3. The van der Waals surface area contributed by atoms with Gasteiger partial charge in [0, 0.05) is 57.6 Å². The van der Waals surface area contributed by atoms with Crippen LogP contribution >= 0.6 is 23.2 Å². The minimum absolute atomic E-state index is 0.0149. The third-order valence-electron chi connectivity index (χ3n) is 5.58. The molecule has 0 aromatic heterocycles. The Kier molecular flexibility index (Phi) is 7.95. The Bertz CT molecular complexity index is 1130. The van der Waals surface area contributed by atoms with E-state index in [4.69, 9.17) is 23.2 Å². The maximum absolute atomic E-state index is 12.8. The molecule has 0 spiro atoms. The van der Waals surface area contributed by atoms with Crippen molar-refractivity contribution in [3.8, 4) is 0 Å². The highest BCUT2D eigenvalue weighted by Crippen LogP contribution is 2.27. The van der Waals surface area contributed by atoms with Crippen molar-refractivity contribution in [1.82, 2.24) is 10.2 Å². The SMILES string of the molecule is CC(=O)N1CCN(c2ccc([N+](=O)[O-])c(C(=O)NCC(=O)N(C)c3ccc(Cl)c(Cl)c3)c2)CC1. The zero-order valence-corrected chi connectivity index (χ0v) is 20.1. The predicted octanol–water partition coefficient (Wildman–Crippen LogP) is 2.96. The molecular weight excluding hydrogens is 485 g/mol. The van der Waals surface area contributed by atoms with Gasteiger partial charge in [-0.15, -0.1) is 0 Å². The van der Waals surface area contributed by atoms with Gasteiger partial charge >= 0.3 is 0 Å². The lowest BCUT2D eigenvalue weighted by Gasteiger charge is -2.35. The highest BCUT2D eigenvalue weighted by molar-refractivity contribution is 6.42. The van der Waals surface area contributed by atoms with Crippen LogP contribution in [0.5, 0.6) is 0 Å². The van der Waals surface area contributed by atoms with E-state index in [1.54, 1.807) is 23.1 Å². The molecule has 1 fully saturated rings. The van der Waals surface area contributed by atoms with Crippen LogP contribution in [-0.4, -0.2) is 67.3 Å². The molecule has 34 heavy (non-hydrogen) atoms. The number of hydrogen-bond donors (Lipinski definition) is 1. The van der Waals surface area contributed by atoms with Crippen LogP contribution in [-0.2, 0) is 9.59 Å². The first-order valence-electron chi connectivity index (χ1n) is 10.4. The smallest absolute Gasteiger partial charge is 0.282 e. The number of nitrogens with zero attached hydrogens (tertiary/aromatic N) is 4. The summed E-state index contributed by atoms with van der Waals surface area (Å²) in [7, 11) is 1.51. The summed E-state index contributed by atoms with van der Waals surface area (Å²) in [6.07, 6.45) is 0. The number of anilines is 2. The van der Waals surface area contributed by atoms with E-state index in [0.29, 0.717) is 42.6 Å². The normalized spacial score (nSPS) is 13.4. The van der Waals surface area contributed by atoms with E-state index in [-0.39, 0.29) is 28.7 Å². The lowest BCUT2D eigenvalue weighted by atomic mass is 10.1. The summed E-state index contributed by atoms with van der Waals surface area (Å²) < 4.78 is 0. The zero-order valence-electron chi connectivity index (χ0n) is 18.6. The molecule has 0 radical (unpaired) electrons. The van der Waals surface area contributed by atoms with Crippen LogP contribution in [0.1, 0.15) is 17.3 Å². The second kappa shape index (κ2) is 10.7. The molecule has 180 valence electrons. The molecule has 10 nitrogen and oxygen atoms in total. The van der Waals surface area contributed by atoms with Crippen LogP contribution in [0.4, 0.5) is 17.1 Å². The number of benzene rings is 2. The molecule has 1 N–H and O–H groups in total. The van der Waals surface area contributed by atoms with Crippen molar-refractivity contribution in [2.24, 2.45) is 0 Å². The van der Waals surface area contributed by atoms with Crippen LogP contribution < -0.4 is 15.1 Å².